The first-order valence-electron chi connectivity index (χ1n) is 7.25. The van der Waals surface area contributed by atoms with E-state index in [0.717, 1.165) is 16.1 Å². The van der Waals surface area contributed by atoms with Gasteiger partial charge in [0.1, 0.15) is 0 Å². The van der Waals surface area contributed by atoms with Crippen molar-refractivity contribution in [3.8, 4) is 0 Å². The van der Waals surface area contributed by atoms with E-state index in [2.05, 4.69) is 5.43 Å². The quantitative estimate of drug-likeness (QED) is 0.677. The van der Waals surface area contributed by atoms with Crippen molar-refractivity contribution in [3.05, 3.63) is 76.2 Å². The number of amides is 2. The molecule has 0 radical (unpaired) electrons. The van der Waals surface area contributed by atoms with Crippen molar-refractivity contribution >= 4 is 46.2 Å². The van der Waals surface area contributed by atoms with Gasteiger partial charge in [0.2, 0.25) is 0 Å². The fourth-order valence-electron chi connectivity index (χ4n) is 2.14. The Bertz CT molecular complexity index is 830. The Hall–Kier alpha value is -2.44. The molecule has 0 aromatic heterocycles. The topological polar surface area (TPSA) is 49.4 Å². The molecule has 2 aromatic rings. The molecule has 2 amide bonds. The minimum Gasteiger partial charge on any atom is -0.267 e. The molecule has 1 aliphatic heterocycles. The van der Waals surface area contributed by atoms with Crippen LogP contribution < -0.4 is 5.43 Å². The van der Waals surface area contributed by atoms with Gasteiger partial charge in [-0.15, -0.1) is 0 Å². The standard InChI is InChI=1S/C18H14N2O2S2/c1-12-7-9-14(10-8-12)16(21)19-20-17(22)15(24-18(20)23)11-13-5-3-2-4-6-13/h2-11H,1H3,(H,19,21). The van der Waals surface area contributed by atoms with Crippen LogP contribution in [0.15, 0.2) is 59.5 Å². The van der Waals surface area contributed by atoms with Crippen LogP contribution in [0.2, 0.25) is 0 Å². The second kappa shape index (κ2) is 6.98. The van der Waals surface area contributed by atoms with E-state index >= 15 is 0 Å². The minimum atomic E-state index is -0.368. The van der Waals surface area contributed by atoms with E-state index < -0.39 is 0 Å². The first kappa shape index (κ1) is 16.4. The summed E-state index contributed by atoms with van der Waals surface area (Å²) in [6, 6.07) is 16.6. The third-order valence-corrected chi connectivity index (χ3v) is 4.72. The average Bonchev–Trinajstić information content (AvgIpc) is 2.84. The van der Waals surface area contributed by atoms with Gasteiger partial charge in [-0.2, -0.15) is 5.01 Å². The summed E-state index contributed by atoms with van der Waals surface area (Å²) in [6.45, 7) is 1.94. The molecule has 0 atom stereocenters. The van der Waals surface area contributed by atoms with Crippen LogP contribution in [0, 0.1) is 6.92 Å². The Morgan fingerprint density at radius 2 is 1.79 bits per heavy atom. The van der Waals surface area contributed by atoms with Gasteiger partial charge in [0.05, 0.1) is 4.91 Å². The van der Waals surface area contributed by atoms with E-state index in [9.17, 15) is 9.59 Å². The van der Waals surface area contributed by atoms with E-state index in [-0.39, 0.29) is 11.8 Å². The van der Waals surface area contributed by atoms with E-state index in [1.54, 1.807) is 18.2 Å². The van der Waals surface area contributed by atoms with Crippen LogP contribution in [-0.4, -0.2) is 21.1 Å². The van der Waals surface area contributed by atoms with E-state index in [0.29, 0.717) is 14.8 Å². The Labute approximate surface area is 149 Å². The zero-order valence-corrected chi connectivity index (χ0v) is 14.5. The summed E-state index contributed by atoms with van der Waals surface area (Å²) < 4.78 is 0.308. The Balaban J connectivity index is 1.76. The third kappa shape index (κ3) is 3.55. The number of hydrogen-bond donors (Lipinski definition) is 1. The van der Waals surface area contributed by atoms with Crippen LogP contribution in [0.1, 0.15) is 21.5 Å². The monoisotopic (exact) mass is 354 g/mol. The maximum Gasteiger partial charge on any atom is 0.285 e. The van der Waals surface area contributed by atoms with Gasteiger partial charge in [-0.3, -0.25) is 15.0 Å². The summed E-state index contributed by atoms with van der Waals surface area (Å²) in [6.07, 6.45) is 1.76. The molecule has 24 heavy (non-hydrogen) atoms. The molecule has 1 fully saturated rings. The number of nitrogens with one attached hydrogen (secondary N) is 1. The van der Waals surface area contributed by atoms with E-state index in [4.69, 9.17) is 12.2 Å². The van der Waals surface area contributed by atoms with Crippen LogP contribution in [0.25, 0.3) is 6.08 Å². The SMILES string of the molecule is Cc1ccc(C(=O)NN2C(=O)C(=Cc3ccccc3)SC2=S)cc1. The predicted molar refractivity (Wildman–Crippen MR) is 100 cm³/mol. The van der Waals surface area contributed by atoms with E-state index in [1.165, 1.54) is 11.8 Å². The maximum absolute atomic E-state index is 12.5. The summed E-state index contributed by atoms with van der Waals surface area (Å²) in [5, 5.41) is 1.12. The lowest BCUT2D eigenvalue weighted by atomic mass is 10.1. The number of rotatable bonds is 3. The molecule has 120 valence electrons. The summed E-state index contributed by atoms with van der Waals surface area (Å²) in [4.78, 5) is 25.2. The molecule has 0 unspecified atom stereocenters. The van der Waals surface area contributed by atoms with Gasteiger partial charge in [0.15, 0.2) is 4.32 Å². The van der Waals surface area contributed by atoms with Gasteiger partial charge in [-0.1, -0.05) is 59.8 Å². The average molecular weight is 354 g/mol. The summed E-state index contributed by atoms with van der Waals surface area (Å²) in [7, 11) is 0. The highest BCUT2D eigenvalue weighted by Crippen LogP contribution is 2.31. The predicted octanol–water partition coefficient (Wildman–Crippen LogP) is 3.54. The molecule has 3 rings (SSSR count). The summed E-state index contributed by atoms with van der Waals surface area (Å²) in [5.41, 5.74) is 5.01. The van der Waals surface area contributed by atoms with Gasteiger partial charge in [-0.05, 0) is 42.9 Å². The molecule has 6 heteroatoms. The summed E-state index contributed by atoms with van der Waals surface area (Å²) >= 11 is 6.38. The zero-order valence-electron chi connectivity index (χ0n) is 12.9. The highest BCUT2D eigenvalue weighted by atomic mass is 32.2. The number of hydrazine groups is 1. The fraction of sp³-hybridized carbons (Fsp3) is 0.0556. The highest BCUT2D eigenvalue weighted by Gasteiger charge is 2.33. The first-order chi connectivity index (χ1) is 11.5. The van der Waals surface area contributed by atoms with Gasteiger partial charge in [-0.25, -0.2) is 0 Å². The zero-order chi connectivity index (χ0) is 17.1. The van der Waals surface area contributed by atoms with Gasteiger partial charge in [0, 0.05) is 5.56 Å². The highest BCUT2D eigenvalue weighted by molar-refractivity contribution is 8.26. The van der Waals surface area contributed by atoms with Crippen LogP contribution in [-0.2, 0) is 4.79 Å². The van der Waals surface area contributed by atoms with Crippen LogP contribution >= 0.6 is 24.0 Å². The molecule has 4 nitrogen and oxygen atoms in total. The lowest BCUT2D eigenvalue weighted by Crippen LogP contribution is -2.44. The fourth-order valence-corrected chi connectivity index (χ4v) is 3.32. The van der Waals surface area contributed by atoms with Crippen molar-refractivity contribution in [2.75, 3.05) is 0 Å². The number of hydrogen-bond acceptors (Lipinski definition) is 4. The molecular formula is C18H14N2O2S2. The minimum absolute atomic E-state index is 0.308. The largest absolute Gasteiger partial charge is 0.285 e. The van der Waals surface area contributed by atoms with Crippen molar-refractivity contribution in [2.45, 2.75) is 6.92 Å². The number of carbonyl (C=O) groups excluding carboxylic acids is 2. The van der Waals surface area contributed by atoms with Crippen LogP contribution in [0.5, 0.6) is 0 Å². The molecule has 1 heterocycles. The molecular weight excluding hydrogens is 340 g/mol. The third-order valence-electron chi connectivity index (χ3n) is 3.42. The second-order valence-electron chi connectivity index (χ2n) is 5.23. The Morgan fingerprint density at radius 1 is 1.12 bits per heavy atom. The van der Waals surface area contributed by atoms with Crippen molar-refractivity contribution in [3.63, 3.8) is 0 Å². The Kier molecular flexibility index (Phi) is 4.78. The number of nitrogens with zero attached hydrogens (tertiary/aromatic N) is 1. The van der Waals surface area contributed by atoms with Crippen molar-refractivity contribution in [1.29, 1.82) is 0 Å². The van der Waals surface area contributed by atoms with Crippen molar-refractivity contribution in [1.82, 2.24) is 10.4 Å². The molecule has 1 saturated heterocycles. The normalized spacial score (nSPS) is 15.9. The van der Waals surface area contributed by atoms with Gasteiger partial charge >= 0.3 is 0 Å². The van der Waals surface area contributed by atoms with Gasteiger partial charge < -0.3 is 0 Å². The summed E-state index contributed by atoms with van der Waals surface area (Å²) in [5.74, 6) is -0.693. The number of thioether (sulfide) groups is 1. The Morgan fingerprint density at radius 3 is 2.46 bits per heavy atom. The molecule has 1 N–H and O–H groups in total. The molecule has 0 spiro atoms. The maximum atomic E-state index is 12.5. The molecule has 0 bridgehead atoms. The van der Waals surface area contributed by atoms with Crippen LogP contribution in [0.4, 0.5) is 0 Å². The molecule has 2 aromatic carbocycles. The van der Waals surface area contributed by atoms with Crippen LogP contribution in [0.3, 0.4) is 0 Å². The molecule has 0 aliphatic carbocycles. The number of carbonyl (C=O) groups is 2. The number of thiocarbonyl (C=S) groups is 1. The van der Waals surface area contributed by atoms with Gasteiger partial charge in [0.25, 0.3) is 11.8 Å². The smallest absolute Gasteiger partial charge is 0.267 e. The second-order valence-corrected chi connectivity index (χ2v) is 6.91. The number of aryl methyl sites for hydroxylation is 1. The first-order valence-corrected chi connectivity index (χ1v) is 8.48. The van der Waals surface area contributed by atoms with E-state index in [1.807, 2.05) is 49.4 Å². The molecule has 0 saturated carbocycles. The number of benzene rings is 2. The lowest BCUT2D eigenvalue weighted by Gasteiger charge is -2.15. The van der Waals surface area contributed by atoms with Crippen molar-refractivity contribution in [2.24, 2.45) is 0 Å². The molecule has 1 aliphatic rings. The van der Waals surface area contributed by atoms with Crippen molar-refractivity contribution < 1.29 is 9.59 Å². The lowest BCUT2D eigenvalue weighted by molar-refractivity contribution is -0.123.